The monoisotopic (exact) mass is 233 g/mol. The van der Waals surface area contributed by atoms with Gasteiger partial charge in [-0.1, -0.05) is 0 Å². The van der Waals surface area contributed by atoms with E-state index in [1.807, 2.05) is 0 Å². The van der Waals surface area contributed by atoms with Crippen LogP contribution in [-0.4, -0.2) is 9.78 Å². The molecule has 1 aromatic heterocycles. The Bertz CT molecular complexity index is 590. The van der Waals surface area contributed by atoms with Crippen molar-refractivity contribution in [3.05, 3.63) is 57.8 Å². The lowest BCUT2D eigenvalue weighted by molar-refractivity contribution is 0.626. The predicted molar refractivity (Wildman–Crippen MR) is 62.4 cm³/mol. The largest absolute Gasteiger partial charge is 0.325 e. The van der Waals surface area contributed by atoms with Crippen molar-refractivity contribution < 1.29 is 4.39 Å². The molecule has 2 rings (SSSR count). The summed E-state index contributed by atoms with van der Waals surface area (Å²) < 4.78 is 14.4. The zero-order valence-electron chi connectivity index (χ0n) is 9.35. The molecular weight excluding hydrogens is 221 g/mol. The molecule has 0 aliphatic rings. The number of aromatic nitrogens is 2. The van der Waals surface area contributed by atoms with Crippen LogP contribution in [0.5, 0.6) is 0 Å². The van der Waals surface area contributed by atoms with Gasteiger partial charge in [0.25, 0.3) is 0 Å². The van der Waals surface area contributed by atoms with E-state index < -0.39 is 0 Å². The van der Waals surface area contributed by atoms with E-state index in [1.165, 1.54) is 18.2 Å². The van der Waals surface area contributed by atoms with E-state index >= 15 is 0 Å². The lowest BCUT2D eigenvalue weighted by Gasteiger charge is -2.10. The highest BCUT2D eigenvalue weighted by molar-refractivity contribution is 5.32. The standard InChI is InChI=1S/C12H12FN3O/c1-8-6-12(17)11(7-14)15-16(8)10-4-2-9(13)3-5-10/h2-6H,7,14H2,1H3. The van der Waals surface area contributed by atoms with Gasteiger partial charge in [-0.2, -0.15) is 5.10 Å². The second-order valence-corrected chi connectivity index (χ2v) is 3.69. The van der Waals surface area contributed by atoms with Crippen molar-refractivity contribution in [3.63, 3.8) is 0 Å². The number of aryl methyl sites for hydroxylation is 1. The minimum atomic E-state index is -0.313. The first-order chi connectivity index (χ1) is 8.11. The number of rotatable bonds is 2. The number of halogens is 1. The van der Waals surface area contributed by atoms with Crippen molar-refractivity contribution in [2.45, 2.75) is 13.5 Å². The Morgan fingerprint density at radius 1 is 1.35 bits per heavy atom. The molecule has 1 aromatic carbocycles. The van der Waals surface area contributed by atoms with Crippen LogP contribution in [0.1, 0.15) is 11.4 Å². The summed E-state index contributed by atoms with van der Waals surface area (Å²) in [5.41, 5.74) is 6.92. The normalized spacial score (nSPS) is 10.5. The van der Waals surface area contributed by atoms with Crippen LogP contribution in [0.2, 0.25) is 0 Å². The zero-order valence-corrected chi connectivity index (χ0v) is 9.35. The molecule has 0 bridgehead atoms. The molecule has 0 unspecified atom stereocenters. The molecule has 5 heteroatoms. The molecule has 88 valence electrons. The van der Waals surface area contributed by atoms with E-state index in [2.05, 4.69) is 5.10 Å². The number of benzene rings is 1. The van der Waals surface area contributed by atoms with Crippen LogP contribution in [0.4, 0.5) is 4.39 Å². The van der Waals surface area contributed by atoms with Crippen LogP contribution in [0, 0.1) is 12.7 Å². The molecule has 1 heterocycles. The molecule has 0 saturated heterocycles. The summed E-state index contributed by atoms with van der Waals surface area (Å²) in [6.45, 7) is 1.85. The van der Waals surface area contributed by atoms with Crippen molar-refractivity contribution >= 4 is 0 Å². The summed E-state index contributed by atoms with van der Waals surface area (Å²) in [6.07, 6.45) is 0. The van der Waals surface area contributed by atoms with Gasteiger partial charge in [0.2, 0.25) is 5.43 Å². The van der Waals surface area contributed by atoms with Crippen LogP contribution in [0.15, 0.2) is 35.1 Å². The molecule has 0 atom stereocenters. The molecular formula is C12H12FN3O. The Hall–Kier alpha value is -2.01. The lowest BCUT2D eigenvalue weighted by atomic mass is 10.3. The van der Waals surface area contributed by atoms with Gasteiger partial charge in [0, 0.05) is 18.3 Å². The summed E-state index contributed by atoms with van der Waals surface area (Å²) in [6, 6.07) is 7.35. The molecule has 0 aliphatic carbocycles. The second-order valence-electron chi connectivity index (χ2n) is 3.69. The average molecular weight is 233 g/mol. The third-order valence-corrected chi connectivity index (χ3v) is 2.44. The zero-order chi connectivity index (χ0) is 12.4. The van der Waals surface area contributed by atoms with Gasteiger partial charge in [0.15, 0.2) is 0 Å². The van der Waals surface area contributed by atoms with Gasteiger partial charge >= 0.3 is 0 Å². The highest BCUT2D eigenvalue weighted by atomic mass is 19.1. The van der Waals surface area contributed by atoms with Crippen LogP contribution < -0.4 is 11.2 Å². The van der Waals surface area contributed by atoms with Gasteiger partial charge in [0.1, 0.15) is 11.5 Å². The van der Waals surface area contributed by atoms with E-state index in [0.717, 1.165) is 0 Å². The summed E-state index contributed by atoms with van der Waals surface area (Å²) >= 11 is 0. The van der Waals surface area contributed by atoms with Crippen LogP contribution in [0.25, 0.3) is 5.69 Å². The minimum absolute atomic E-state index is 0.0836. The van der Waals surface area contributed by atoms with Crippen LogP contribution >= 0.6 is 0 Å². The first-order valence-corrected chi connectivity index (χ1v) is 5.17. The van der Waals surface area contributed by atoms with E-state index in [4.69, 9.17) is 5.73 Å². The molecule has 17 heavy (non-hydrogen) atoms. The van der Waals surface area contributed by atoms with Gasteiger partial charge in [-0.05, 0) is 31.2 Å². The SMILES string of the molecule is Cc1cc(=O)c(CN)nn1-c1ccc(F)cc1. The van der Waals surface area contributed by atoms with Crippen LogP contribution in [0.3, 0.4) is 0 Å². The molecule has 0 amide bonds. The van der Waals surface area contributed by atoms with Crippen molar-refractivity contribution in [1.29, 1.82) is 0 Å². The number of hydrogen-bond acceptors (Lipinski definition) is 3. The Labute approximate surface area is 97.5 Å². The molecule has 0 aliphatic heterocycles. The van der Waals surface area contributed by atoms with Crippen molar-refractivity contribution in [2.75, 3.05) is 0 Å². The Kier molecular flexibility index (Phi) is 3.01. The minimum Gasteiger partial charge on any atom is -0.325 e. The third-order valence-electron chi connectivity index (χ3n) is 2.44. The Morgan fingerprint density at radius 2 is 2.00 bits per heavy atom. The number of nitrogens with two attached hydrogens (primary N) is 1. The molecule has 4 nitrogen and oxygen atoms in total. The molecule has 0 radical (unpaired) electrons. The number of hydrogen-bond donors (Lipinski definition) is 1. The number of nitrogens with zero attached hydrogens (tertiary/aromatic N) is 2. The topological polar surface area (TPSA) is 60.9 Å². The maximum Gasteiger partial charge on any atom is 0.204 e. The average Bonchev–Trinajstić information content (AvgIpc) is 2.31. The van der Waals surface area contributed by atoms with Crippen molar-refractivity contribution in [1.82, 2.24) is 9.78 Å². The second kappa shape index (κ2) is 4.47. The smallest absolute Gasteiger partial charge is 0.204 e. The lowest BCUT2D eigenvalue weighted by Crippen LogP contribution is -2.21. The first kappa shape index (κ1) is 11.5. The molecule has 0 spiro atoms. The fraction of sp³-hybridized carbons (Fsp3) is 0.167. The van der Waals surface area contributed by atoms with Gasteiger partial charge in [-0.25, -0.2) is 9.07 Å². The van der Waals surface area contributed by atoms with E-state index in [0.29, 0.717) is 17.1 Å². The fourth-order valence-electron chi connectivity index (χ4n) is 1.57. The van der Waals surface area contributed by atoms with Gasteiger partial charge < -0.3 is 5.73 Å². The maximum absolute atomic E-state index is 12.8. The first-order valence-electron chi connectivity index (χ1n) is 5.17. The van der Waals surface area contributed by atoms with Crippen LogP contribution in [-0.2, 0) is 6.54 Å². The van der Waals surface area contributed by atoms with Gasteiger partial charge in [-0.3, -0.25) is 4.79 Å². The van der Waals surface area contributed by atoms with Crippen molar-refractivity contribution in [3.8, 4) is 5.69 Å². The molecule has 2 aromatic rings. The maximum atomic E-state index is 12.8. The highest BCUT2D eigenvalue weighted by Crippen LogP contribution is 2.09. The summed E-state index contributed by atoms with van der Waals surface area (Å²) in [5.74, 6) is -0.313. The van der Waals surface area contributed by atoms with E-state index in [1.54, 1.807) is 23.7 Å². The molecule has 0 fully saturated rings. The quantitative estimate of drug-likeness (QED) is 0.846. The van der Waals surface area contributed by atoms with Crippen molar-refractivity contribution in [2.24, 2.45) is 5.73 Å². The Morgan fingerprint density at radius 3 is 2.59 bits per heavy atom. The fourth-order valence-corrected chi connectivity index (χ4v) is 1.57. The Balaban J connectivity index is 2.59. The molecule has 0 saturated carbocycles. The summed E-state index contributed by atoms with van der Waals surface area (Å²) in [5, 5.41) is 4.15. The summed E-state index contributed by atoms with van der Waals surface area (Å²) in [7, 11) is 0. The van der Waals surface area contributed by atoms with E-state index in [-0.39, 0.29) is 17.8 Å². The van der Waals surface area contributed by atoms with E-state index in [9.17, 15) is 9.18 Å². The molecule has 2 N–H and O–H groups in total. The predicted octanol–water partition coefficient (Wildman–Crippen LogP) is 1.14. The third kappa shape index (κ3) is 2.24. The van der Waals surface area contributed by atoms with Gasteiger partial charge in [0.05, 0.1) is 5.69 Å². The van der Waals surface area contributed by atoms with Gasteiger partial charge in [-0.15, -0.1) is 0 Å². The highest BCUT2D eigenvalue weighted by Gasteiger charge is 2.06. The summed E-state index contributed by atoms with van der Waals surface area (Å²) in [4.78, 5) is 11.5.